The molecule has 2 N–H and O–H groups in total. The number of rotatable bonds is 14. The largest absolute Gasteiger partial charge is 1.00 e. The first-order valence-corrected chi connectivity index (χ1v) is 10.8. The Labute approximate surface area is 192 Å². The van der Waals surface area contributed by atoms with Gasteiger partial charge in [0, 0.05) is 20.4 Å². The van der Waals surface area contributed by atoms with E-state index in [2.05, 4.69) is 0 Å². The Morgan fingerprint density at radius 3 is 1.20 bits per heavy atom. The molecule has 0 unspecified atom stereocenters. The van der Waals surface area contributed by atoms with Crippen LogP contribution in [0.1, 0.15) is 70.6 Å². The van der Waals surface area contributed by atoms with E-state index in [0.717, 1.165) is 38.5 Å². The van der Waals surface area contributed by atoms with Gasteiger partial charge in [-0.15, -0.1) is 0 Å². The van der Waals surface area contributed by atoms with E-state index >= 15 is 0 Å². The number of unbranched alkanes of at least 4 members (excludes halogenated alkanes) is 8. The van der Waals surface area contributed by atoms with E-state index < -0.39 is 26.2 Å². The van der Waals surface area contributed by atoms with Gasteiger partial charge in [0.15, 0.2) is 5.52 Å². The summed E-state index contributed by atoms with van der Waals surface area (Å²) < 4.78 is 21.0. The van der Waals surface area contributed by atoms with Crippen LogP contribution in [0.25, 0.3) is 0 Å². The first-order chi connectivity index (χ1) is 10.5. The number of carbonyl (C=O) groups is 2. The smallest absolute Gasteiger partial charge is 0.805 e. The minimum absolute atomic E-state index is 0. The predicted molar refractivity (Wildman–Crippen MR) is 80.5 cm³/mol. The standard InChI is InChI=1S/C13H26O8P2.2Na/c14-12(22(16,17)18)10-8-6-4-2-1-3-5-7-9-11-13(15)23(19,20)21;;/h1-11H2,(H2,16,17,18)(H2,19,20,21);;/q;2*+1/p-2. The first-order valence-electron chi connectivity index (χ1n) is 7.69. The predicted octanol–water partition coefficient (Wildman–Crippen LogP) is -4.57. The van der Waals surface area contributed by atoms with Crippen LogP contribution in [0.2, 0.25) is 0 Å². The molecule has 0 aliphatic rings. The molecule has 136 valence electrons. The molecule has 12 heteroatoms. The zero-order valence-electron chi connectivity index (χ0n) is 15.0. The molecule has 0 spiro atoms. The summed E-state index contributed by atoms with van der Waals surface area (Å²) in [5, 5.41) is 0. The second-order valence-electron chi connectivity index (χ2n) is 5.51. The summed E-state index contributed by atoms with van der Waals surface area (Å²) in [5.41, 5.74) is -2.23. The third-order valence-corrected chi connectivity index (χ3v) is 5.12. The van der Waals surface area contributed by atoms with Crippen LogP contribution in [0.15, 0.2) is 0 Å². The van der Waals surface area contributed by atoms with E-state index in [0.29, 0.717) is 19.3 Å². The molecule has 25 heavy (non-hydrogen) atoms. The maximum atomic E-state index is 11.0. The topological polar surface area (TPSA) is 155 Å². The fourth-order valence-corrected chi connectivity index (χ4v) is 2.95. The van der Waals surface area contributed by atoms with Crippen LogP contribution < -0.4 is 68.9 Å². The van der Waals surface area contributed by atoms with Crippen molar-refractivity contribution in [2.24, 2.45) is 0 Å². The van der Waals surface area contributed by atoms with Gasteiger partial charge in [0.05, 0.1) is 0 Å². The van der Waals surface area contributed by atoms with Gasteiger partial charge in [-0.1, -0.05) is 44.9 Å². The van der Waals surface area contributed by atoms with Crippen molar-refractivity contribution in [2.45, 2.75) is 70.6 Å². The number of hydrogen-bond donors (Lipinski definition) is 2. The minimum atomic E-state index is -5.06. The molecule has 0 rings (SSSR count). The summed E-state index contributed by atoms with van der Waals surface area (Å²) in [6.07, 6.45) is 6.57. The molecule has 0 aliphatic heterocycles. The van der Waals surface area contributed by atoms with Gasteiger partial charge < -0.3 is 24.1 Å². The third-order valence-electron chi connectivity index (χ3n) is 3.41. The van der Waals surface area contributed by atoms with Crippen molar-refractivity contribution in [3.63, 3.8) is 0 Å². The number of hydrogen-bond acceptors (Lipinski definition) is 6. The Morgan fingerprint density at radius 1 is 0.640 bits per heavy atom. The van der Waals surface area contributed by atoms with Crippen LogP contribution in [0.3, 0.4) is 0 Å². The summed E-state index contributed by atoms with van der Waals surface area (Å²) in [6.45, 7) is 0. The summed E-state index contributed by atoms with van der Waals surface area (Å²) >= 11 is 0. The minimum Gasteiger partial charge on any atom is -0.805 e. The maximum absolute atomic E-state index is 11.0. The Balaban J connectivity index is -0.00000242. The Bertz CT molecular complexity index is 433. The van der Waals surface area contributed by atoms with Gasteiger partial charge in [0.1, 0.15) is 0 Å². The summed E-state index contributed by atoms with van der Waals surface area (Å²) in [4.78, 5) is 59.8. The molecule has 0 heterocycles. The Morgan fingerprint density at radius 2 is 0.920 bits per heavy atom. The van der Waals surface area contributed by atoms with E-state index in [-0.39, 0.29) is 72.0 Å². The van der Waals surface area contributed by atoms with Crippen LogP contribution in [0.5, 0.6) is 0 Å². The van der Waals surface area contributed by atoms with Crippen LogP contribution in [0.4, 0.5) is 0 Å². The summed E-state index contributed by atoms with van der Waals surface area (Å²) in [6, 6.07) is 0. The normalized spacial score (nSPS) is 11.4. The van der Waals surface area contributed by atoms with Crippen molar-refractivity contribution in [3.05, 3.63) is 0 Å². The Kier molecular flexibility index (Phi) is 20.8. The molecule has 0 aromatic carbocycles. The van der Waals surface area contributed by atoms with Crippen LogP contribution in [0, 0.1) is 0 Å². The van der Waals surface area contributed by atoms with Crippen molar-refractivity contribution in [3.8, 4) is 0 Å². The molecule has 8 nitrogen and oxygen atoms in total. The van der Waals surface area contributed by atoms with Gasteiger partial charge in [-0.25, -0.2) is 0 Å². The summed E-state index contributed by atoms with van der Waals surface area (Å²) in [5.74, 6) is 0. The number of carbonyl (C=O) groups excluding carboxylic acids is 2. The molecule has 0 saturated carbocycles. The van der Waals surface area contributed by atoms with E-state index in [4.69, 9.17) is 9.79 Å². The molecular formula is C13H24Na2O8P2. The van der Waals surface area contributed by atoms with Crippen LogP contribution >= 0.6 is 15.2 Å². The molecule has 0 bridgehead atoms. The van der Waals surface area contributed by atoms with Gasteiger partial charge in [-0.05, 0) is 12.8 Å². The molecule has 0 aromatic heterocycles. The van der Waals surface area contributed by atoms with Crippen LogP contribution in [-0.4, -0.2) is 20.8 Å². The second-order valence-corrected chi connectivity index (χ2v) is 8.59. The average Bonchev–Trinajstić information content (AvgIpc) is 2.42. The van der Waals surface area contributed by atoms with Crippen molar-refractivity contribution in [2.75, 3.05) is 0 Å². The van der Waals surface area contributed by atoms with Crippen molar-refractivity contribution >= 4 is 26.2 Å². The van der Waals surface area contributed by atoms with E-state index in [9.17, 15) is 28.5 Å². The summed E-state index contributed by atoms with van der Waals surface area (Å²) in [7, 11) is -9.63. The third kappa shape index (κ3) is 18.8. The molecule has 0 aromatic rings. The molecule has 0 aliphatic carbocycles. The van der Waals surface area contributed by atoms with Crippen molar-refractivity contribution in [1.82, 2.24) is 0 Å². The maximum Gasteiger partial charge on any atom is 1.00 e. The monoisotopic (exact) mass is 416 g/mol. The first kappa shape index (κ1) is 31.3. The van der Waals surface area contributed by atoms with Gasteiger partial charge >= 0.3 is 66.7 Å². The zero-order chi connectivity index (χ0) is 17.9. The SMILES string of the molecule is O=C(CCCCCCCCCCCC(=O)P(=O)(O)O)P(=O)([O-])[O-].[Na+].[Na+]. The zero-order valence-corrected chi connectivity index (χ0v) is 20.8. The molecule has 0 saturated heterocycles. The fraction of sp³-hybridized carbons (Fsp3) is 0.846. The van der Waals surface area contributed by atoms with Gasteiger partial charge in [0.2, 0.25) is 5.52 Å². The average molecular weight is 416 g/mol. The van der Waals surface area contributed by atoms with Gasteiger partial charge in [-0.2, -0.15) is 0 Å². The molecular weight excluding hydrogens is 392 g/mol. The van der Waals surface area contributed by atoms with Crippen LogP contribution in [-0.2, 0) is 18.7 Å². The molecule has 0 fully saturated rings. The van der Waals surface area contributed by atoms with E-state index in [1.807, 2.05) is 0 Å². The fourth-order valence-electron chi connectivity index (χ4n) is 2.07. The van der Waals surface area contributed by atoms with E-state index in [1.165, 1.54) is 0 Å². The molecule has 0 amide bonds. The van der Waals surface area contributed by atoms with Crippen molar-refractivity contribution in [1.29, 1.82) is 0 Å². The van der Waals surface area contributed by atoms with Gasteiger partial charge in [-0.3, -0.25) is 14.2 Å². The van der Waals surface area contributed by atoms with E-state index in [1.54, 1.807) is 0 Å². The molecule has 0 radical (unpaired) electrons. The molecule has 0 atom stereocenters. The Hall–Kier alpha value is 1.64. The quantitative estimate of drug-likeness (QED) is 0.163. The second kappa shape index (κ2) is 16.6. The van der Waals surface area contributed by atoms with Gasteiger partial charge in [0.25, 0.3) is 0 Å². The van der Waals surface area contributed by atoms with Crippen molar-refractivity contribution < 1.29 is 97.4 Å².